The van der Waals surface area contributed by atoms with Crippen LogP contribution < -0.4 is 10.6 Å². The van der Waals surface area contributed by atoms with Crippen LogP contribution in [0.2, 0.25) is 0 Å². The maximum atomic E-state index is 12.7. The number of hydrogen-bond acceptors (Lipinski definition) is 2. The van der Waals surface area contributed by atoms with Crippen molar-refractivity contribution in [3.05, 3.63) is 36.5 Å². The van der Waals surface area contributed by atoms with E-state index in [2.05, 4.69) is 67.9 Å². The Morgan fingerprint density at radius 2 is 0.911 bits per heavy atom. The van der Waals surface area contributed by atoms with E-state index in [4.69, 9.17) is 0 Å². The molecule has 4 nitrogen and oxygen atoms in total. The summed E-state index contributed by atoms with van der Waals surface area (Å²) in [5.74, 6) is 0.00419. The van der Waals surface area contributed by atoms with E-state index in [0.29, 0.717) is 19.4 Å². The van der Waals surface area contributed by atoms with Crippen molar-refractivity contribution in [2.24, 2.45) is 0 Å². The first-order chi connectivity index (χ1) is 22.2. The summed E-state index contributed by atoms with van der Waals surface area (Å²) in [6.45, 7) is 7.30. The van der Waals surface area contributed by atoms with Crippen molar-refractivity contribution >= 4 is 11.8 Å². The first-order valence-corrected chi connectivity index (χ1v) is 19.7. The molecule has 0 bridgehead atoms. The highest BCUT2D eigenvalue weighted by atomic mass is 16.2. The third-order valence-electron chi connectivity index (χ3n) is 8.57. The largest absolute Gasteiger partial charge is 0.354 e. The number of rotatable bonds is 34. The van der Waals surface area contributed by atoms with Crippen molar-refractivity contribution in [1.82, 2.24) is 10.6 Å². The van der Waals surface area contributed by atoms with E-state index < -0.39 is 6.04 Å². The van der Waals surface area contributed by atoms with E-state index in [-0.39, 0.29) is 11.8 Å². The molecule has 0 radical (unpaired) electrons. The average molecular weight is 629 g/mol. The normalized spacial score (nSPS) is 12.5. The quantitative estimate of drug-likeness (QED) is 0.0550. The zero-order valence-electron chi connectivity index (χ0n) is 30.4. The number of unbranched alkanes of at least 4 members (excludes halogenated alkanes) is 20. The van der Waals surface area contributed by atoms with Crippen LogP contribution in [-0.2, 0) is 9.59 Å². The lowest BCUT2D eigenvalue weighted by Gasteiger charge is -2.18. The van der Waals surface area contributed by atoms with Gasteiger partial charge in [0, 0.05) is 13.0 Å². The molecule has 1 unspecified atom stereocenters. The minimum atomic E-state index is -0.394. The van der Waals surface area contributed by atoms with Gasteiger partial charge in [-0.15, -0.1) is 0 Å². The van der Waals surface area contributed by atoms with Gasteiger partial charge in [0.05, 0.1) is 0 Å². The van der Waals surface area contributed by atoms with Gasteiger partial charge in [-0.2, -0.15) is 0 Å². The Labute approximate surface area is 281 Å². The Kier molecular flexibility index (Phi) is 35.1. The van der Waals surface area contributed by atoms with Gasteiger partial charge >= 0.3 is 0 Å². The van der Waals surface area contributed by atoms with Gasteiger partial charge in [-0.1, -0.05) is 154 Å². The SMILES string of the molecule is CCCCC/C=C\C/C=C\CCCCCCCC(=O)NC(CCC)C(=O)NCCCCCCCC/C=C\CCCCCCCC. The molecule has 0 aliphatic carbocycles. The van der Waals surface area contributed by atoms with Gasteiger partial charge in [-0.25, -0.2) is 0 Å². The maximum Gasteiger partial charge on any atom is 0.242 e. The number of carbonyl (C=O) groups excluding carboxylic acids is 2. The predicted octanol–water partition coefficient (Wildman–Crippen LogP) is 12.2. The second-order valence-electron chi connectivity index (χ2n) is 13.1. The molecular formula is C41H76N2O2. The van der Waals surface area contributed by atoms with E-state index in [0.717, 1.165) is 44.9 Å². The Hall–Kier alpha value is -1.84. The lowest BCUT2D eigenvalue weighted by Crippen LogP contribution is -2.46. The molecule has 0 aromatic heterocycles. The monoisotopic (exact) mass is 629 g/mol. The predicted molar refractivity (Wildman–Crippen MR) is 199 cm³/mol. The van der Waals surface area contributed by atoms with Crippen LogP contribution in [0.15, 0.2) is 36.5 Å². The molecular weight excluding hydrogens is 552 g/mol. The van der Waals surface area contributed by atoms with Crippen molar-refractivity contribution in [3.63, 3.8) is 0 Å². The molecule has 2 N–H and O–H groups in total. The van der Waals surface area contributed by atoms with Gasteiger partial charge in [-0.05, 0) is 77.0 Å². The van der Waals surface area contributed by atoms with Crippen LogP contribution in [0.3, 0.4) is 0 Å². The Morgan fingerprint density at radius 3 is 1.44 bits per heavy atom. The molecule has 0 saturated carbocycles. The van der Waals surface area contributed by atoms with E-state index in [1.165, 1.54) is 122 Å². The molecule has 2 amide bonds. The fraction of sp³-hybridized carbons (Fsp3) is 0.805. The minimum absolute atomic E-state index is 0.0158. The summed E-state index contributed by atoms with van der Waals surface area (Å²) in [5, 5.41) is 6.08. The summed E-state index contributed by atoms with van der Waals surface area (Å²) in [4.78, 5) is 25.2. The van der Waals surface area contributed by atoms with Crippen LogP contribution in [0.4, 0.5) is 0 Å². The number of carbonyl (C=O) groups is 2. The van der Waals surface area contributed by atoms with Crippen LogP contribution in [0.1, 0.15) is 201 Å². The average Bonchev–Trinajstić information content (AvgIpc) is 3.04. The Morgan fingerprint density at radius 1 is 0.489 bits per heavy atom. The van der Waals surface area contributed by atoms with Crippen LogP contribution in [-0.4, -0.2) is 24.4 Å². The van der Waals surface area contributed by atoms with Crippen LogP contribution >= 0.6 is 0 Å². The summed E-state index contributed by atoms with van der Waals surface area (Å²) in [6, 6.07) is -0.394. The van der Waals surface area contributed by atoms with E-state index in [1.807, 2.05) is 0 Å². The summed E-state index contributed by atoms with van der Waals surface area (Å²) in [5.41, 5.74) is 0. The zero-order valence-corrected chi connectivity index (χ0v) is 30.4. The molecule has 4 heteroatoms. The van der Waals surface area contributed by atoms with Crippen molar-refractivity contribution in [3.8, 4) is 0 Å². The fourth-order valence-electron chi connectivity index (χ4n) is 5.63. The van der Waals surface area contributed by atoms with Crippen LogP contribution in [0.5, 0.6) is 0 Å². The van der Waals surface area contributed by atoms with Crippen molar-refractivity contribution in [2.45, 2.75) is 207 Å². The lowest BCUT2D eigenvalue weighted by molar-refractivity contribution is -0.129. The van der Waals surface area contributed by atoms with Crippen LogP contribution in [0, 0.1) is 0 Å². The first-order valence-electron chi connectivity index (χ1n) is 19.7. The summed E-state index contributed by atoms with van der Waals surface area (Å²) >= 11 is 0. The molecule has 262 valence electrons. The third kappa shape index (κ3) is 33.3. The summed E-state index contributed by atoms with van der Waals surface area (Å²) in [7, 11) is 0. The van der Waals surface area contributed by atoms with E-state index in [1.54, 1.807) is 0 Å². The molecule has 0 spiro atoms. The van der Waals surface area contributed by atoms with Crippen LogP contribution in [0.25, 0.3) is 0 Å². The number of amides is 2. The van der Waals surface area contributed by atoms with Gasteiger partial charge in [0.15, 0.2) is 0 Å². The first kappa shape index (κ1) is 43.2. The lowest BCUT2D eigenvalue weighted by atomic mass is 10.1. The summed E-state index contributed by atoms with van der Waals surface area (Å²) in [6.07, 6.45) is 47.0. The molecule has 0 aromatic carbocycles. The topological polar surface area (TPSA) is 58.2 Å². The smallest absolute Gasteiger partial charge is 0.242 e. The second kappa shape index (κ2) is 36.6. The summed E-state index contributed by atoms with van der Waals surface area (Å²) < 4.78 is 0. The molecule has 0 aliphatic heterocycles. The van der Waals surface area contributed by atoms with Gasteiger partial charge in [0.1, 0.15) is 6.04 Å². The van der Waals surface area contributed by atoms with E-state index >= 15 is 0 Å². The van der Waals surface area contributed by atoms with Crippen molar-refractivity contribution < 1.29 is 9.59 Å². The van der Waals surface area contributed by atoms with Crippen molar-refractivity contribution in [2.75, 3.05) is 6.54 Å². The molecule has 0 rings (SSSR count). The molecule has 0 fully saturated rings. The van der Waals surface area contributed by atoms with Gasteiger partial charge in [0.25, 0.3) is 0 Å². The molecule has 0 saturated heterocycles. The molecule has 0 heterocycles. The Bertz CT molecular complexity index is 727. The second-order valence-corrected chi connectivity index (χ2v) is 13.1. The Balaban J connectivity index is 3.72. The number of nitrogens with one attached hydrogen (secondary N) is 2. The minimum Gasteiger partial charge on any atom is -0.354 e. The highest BCUT2D eigenvalue weighted by Gasteiger charge is 2.19. The zero-order chi connectivity index (χ0) is 32.9. The molecule has 0 aliphatic rings. The fourth-order valence-corrected chi connectivity index (χ4v) is 5.63. The van der Waals surface area contributed by atoms with Crippen molar-refractivity contribution in [1.29, 1.82) is 0 Å². The highest BCUT2D eigenvalue weighted by molar-refractivity contribution is 5.87. The number of hydrogen-bond donors (Lipinski definition) is 2. The van der Waals surface area contributed by atoms with Gasteiger partial charge < -0.3 is 10.6 Å². The van der Waals surface area contributed by atoms with Gasteiger partial charge in [-0.3, -0.25) is 9.59 Å². The maximum absolute atomic E-state index is 12.7. The molecule has 0 aromatic rings. The number of allylic oxidation sites excluding steroid dienone is 6. The molecule has 45 heavy (non-hydrogen) atoms. The van der Waals surface area contributed by atoms with Gasteiger partial charge in [0.2, 0.25) is 11.8 Å². The molecule has 1 atom stereocenters. The third-order valence-corrected chi connectivity index (χ3v) is 8.57. The standard InChI is InChI=1S/C41H76N2O2/c1-4-7-9-11-13-15-17-19-21-23-25-27-29-31-33-35-38-42-41(45)39(36-6-3)43-40(44)37-34-32-30-28-26-24-22-20-18-16-14-12-10-8-5-2/h14,16,19-22,39H,4-13,15,17-18,23-38H2,1-3H3,(H,42,45)(H,43,44)/b16-14-,21-19-,22-20-. The van der Waals surface area contributed by atoms with E-state index in [9.17, 15) is 9.59 Å². The highest BCUT2D eigenvalue weighted by Crippen LogP contribution is 2.11.